The Bertz CT molecular complexity index is 1140. The maximum atomic E-state index is 13.7. The molecule has 0 aliphatic heterocycles. The van der Waals surface area contributed by atoms with E-state index < -0.39 is 16.1 Å². The summed E-state index contributed by atoms with van der Waals surface area (Å²) in [6.45, 7) is 2.21. The van der Waals surface area contributed by atoms with Crippen LogP contribution in [0.1, 0.15) is 30.4 Å². The highest BCUT2D eigenvalue weighted by Gasteiger charge is 2.51. The van der Waals surface area contributed by atoms with Crippen LogP contribution in [0, 0.1) is 18.8 Å². The molecule has 5 rings (SSSR count). The van der Waals surface area contributed by atoms with Gasteiger partial charge in [-0.05, 0) is 61.9 Å². The van der Waals surface area contributed by atoms with Gasteiger partial charge in [-0.2, -0.15) is 4.31 Å². The summed E-state index contributed by atoms with van der Waals surface area (Å²) >= 11 is 0. The van der Waals surface area contributed by atoms with Crippen LogP contribution >= 0.6 is 0 Å². The second-order valence-electron chi connectivity index (χ2n) is 8.69. The van der Waals surface area contributed by atoms with Crippen LogP contribution in [0.4, 0.5) is 0 Å². The third-order valence-electron chi connectivity index (χ3n) is 6.80. The van der Waals surface area contributed by atoms with Gasteiger partial charge in [0.15, 0.2) is 0 Å². The molecule has 4 unspecified atom stereocenters. The molecule has 2 fully saturated rings. The highest BCUT2D eigenvalue weighted by atomic mass is 32.2. The number of oxazole rings is 1. The van der Waals surface area contributed by atoms with Gasteiger partial charge in [-0.25, -0.2) is 13.4 Å². The van der Waals surface area contributed by atoms with Gasteiger partial charge in [-0.3, -0.25) is 0 Å². The molecule has 2 saturated carbocycles. The molecule has 3 aromatic rings. The molecule has 0 amide bonds. The SMILES string of the molecule is Cc1ccc(S(=O)(=O)N(Cc2ccc(-c3ncco3)cc2)C2CC3CCC2C3O)cc1. The van der Waals surface area contributed by atoms with E-state index in [2.05, 4.69) is 4.98 Å². The van der Waals surface area contributed by atoms with Gasteiger partial charge in [0, 0.05) is 24.1 Å². The van der Waals surface area contributed by atoms with Crippen LogP contribution in [0.2, 0.25) is 0 Å². The summed E-state index contributed by atoms with van der Waals surface area (Å²) < 4.78 is 34.3. The van der Waals surface area contributed by atoms with E-state index in [4.69, 9.17) is 4.42 Å². The monoisotopic (exact) mass is 438 g/mol. The number of nitrogens with zero attached hydrogens (tertiary/aromatic N) is 2. The first-order chi connectivity index (χ1) is 14.9. The van der Waals surface area contributed by atoms with Crippen molar-refractivity contribution in [2.75, 3.05) is 0 Å². The number of aryl methyl sites for hydroxylation is 1. The topological polar surface area (TPSA) is 83.6 Å². The summed E-state index contributed by atoms with van der Waals surface area (Å²) in [5, 5.41) is 10.6. The van der Waals surface area contributed by atoms with Crippen molar-refractivity contribution in [1.82, 2.24) is 9.29 Å². The second kappa shape index (κ2) is 7.89. The Labute approximate surface area is 182 Å². The van der Waals surface area contributed by atoms with Crippen molar-refractivity contribution in [3.8, 4) is 11.5 Å². The van der Waals surface area contributed by atoms with Crippen LogP contribution in [0.25, 0.3) is 11.5 Å². The predicted octanol–water partition coefficient (Wildman–Crippen LogP) is 4.00. The first kappa shape index (κ1) is 20.4. The first-order valence-corrected chi connectivity index (χ1v) is 12.1. The molecule has 1 aromatic heterocycles. The van der Waals surface area contributed by atoms with Crippen LogP contribution in [0.3, 0.4) is 0 Å². The zero-order valence-electron chi connectivity index (χ0n) is 17.4. The lowest BCUT2D eigenvalue weighted by Gasteiger charge is -2.33. The van der Waals surface area contributed by atoms with Gasteiger partial charge in [0.1, 0.15) is 6.26 Å². The number of fused-ring (bicyclic) bond motifs is 2. The van der Waals surface area contributed by atoms with E-state index in [1.807, 2.05) is 43.3 Å². The molecule has 6 nitrogen and oxygen atoms in total. The molecular weight excluding hydrogens is 412 g/mol. The van der Waals surface area contributed by atoms with Gasteiger partial charge >= 0.3 is 0 Å². The van der Waals surface area contributed by atoms with Crippen LogP contribution < -0.4 is 0 Å². The fraction of sp³-hybridized carbons (Fsp3) is 0.375. The standard InChI is InChI=1S/C24H26N2O4S/c1-16-2-9-20(10-3-16)31(28,29)26(22-14-19-8-11-21(22)23(19)27)15-17-4-6-18(7-5-17)24-25-12-13-30-24/h2-7,9-10,12-13,19,21-23,27H,8,11,14-15H2,1H3. The zero-order valence-corrected chi connectivity index (χ0v) is 18.2. The largest absolute Gasteiger partial charge is 0.445 e. The van der Waals surface area contributed by atoms with E-state index in [9.17, 15) is 13.5 Å². The molecule has 0 saturated heterocycles. The van der Waals surface area contributed by atoms with Gasteiger partial charge in [-0.15, -0.1) is 0 Å². The highest BCUT2D eigenvalue weighted by molar-refractivity contribution is 7.89. The molecule has 4 atom stereocenters. The third-order valence-corrected chi connectivity index (χ3v) is 8.69. The van der Waals surface area contributed by atoms with Crippen molar-refractivity contribution in [1.29, 1.82) is 0 Å². The quantitative estimate of drug-likeness (QED) is 0.629. The predicted molar refractivity (Wildman–Crippen MR) is 116 cm³/mol. The van der Waals surface area contributed by atoms with E-state index in [0.29, 0.717) is 17.2 Å². The average molecular weight is 439 g/mol. The Balaban J connectivity index is 1.48. The summed E-state index contributed by atoms with van der Waals surface area (Å²) in [6.07, 6.45) is 5.28. The number of sulfonamides is 1. The molecule has 7 heteroatoms. The number of aromatic nitrogens is 1. The van der Waals surface area contributed by atoms with E-state index in [1.165, 1.54) is 6.26 Å². The minimum Gasteiger partial charge on any atom is -0.445 e. The molecule has 2 aromatic carbocycles. The highest BCUT2D eigenvalue weighted by Crippen LogP contribution is 2.48. The van der Waals surface area contributed by atoms with Gasteiger partial charge in [0.05, 0.1) is 17.2 Å². The average Bonchev–Trinajstić information content (AvgIpc) is 3.50. The van der Waals surface area contributed by atoms with Gasteiger partial charge in [-0.1, -0.05) is 29.8 Å². The Hall–Kier alpha value is -2.48. The number of aliphatic hydroxyl groups is 1. The molecule has 0 spiro atoms. The maximum absolute atomic E-state index is 13.7. The van der Waals surface area contributed by atoms with E-state index in [1.54, 1.807) is 22.6 Å². The maximum Gasteiger partial charge on any atom is 0.243 e. The van der Waals surface area contributed by atoms with Crippen molar-refractivity contribution in [2.45, 2.75) is 49.8 Å². The third kappa shape index (κ3) is 3.71. The Morgan fingerprint density at radius 2 is 1.84 bits per heavy atom. The molecule has 1 heterocycles. The van der Waals surface area contributed by atoms with Crippen molar-refractivity contribution in [3.05, 3.63) is 72.1 Å². The number of rotatable bonds is 6. The van der Waals surface area contributed by atoms with Crippen LogP contribution in [0.15, 0.2) is 70.3 Å². The molecular formula is C24H26N2O4S. The van der Waals surface area contributed by atoms with E-state index >= 15 is 0 Å². The summed E-state index contributed by atoms with van der Waals surface area (Å²) in [5.74, 6) is 0.724. The number of benzene rings is 2. The normalized spacial score (nSPS) is 25.4. The molecule has 2 aliphatic rings. The van der Waals surface area contributed by atoms with Gasteiger partial charge < -0.3 is 9.52 Å². The molecule has 1 N–H and O–H groups in total. The van der Waals surface area contributed by atoms with Crippen LogP contribution in [-0.2, 0) is 16.6 Å². The molecule has 31 heavy (non-hydrogen) atoms. The number of aliphatic hydroxyl groups excluding tert-OH is 1. The summed E-state index contributed by atoms with van der Waals surface area (Å²) in [6, 6.07) is 14.4. The van der Waals surface area contributed by atoms with Crippen LogP contribution in [-0.4, -0.2) is 35.0 Å². The fourth-order valence-corrected chi connectivity index (χ4v) is 6.78. The van der Waals surface area contributed by atoms with Crippen molar-refractivity contribution < 1.29 is 17.9 Å². The molecule has 162 valence electrons. The fourth-order valence-electron chi connectivity index (χ4n) is 5.12. The summed E-state index contributed by atoms with van der Waals surface area (Å²) in [7, 11) is -3.71. The first-order valence-electron chi connectivity index (χ1n) is 10.7. The summed E-state index contributed by atoms with van der Waals surface area (Å²) in [5.41, 5.74) is 2.75. The second-order valence-corrected chi connectivity index (χ2v) is 10.6. The van der Waals surface area contributed by atoms with Gasteiger partial charge in [0.25, 0.3) is 0 Å². The molecule has 0 radical (unpaired) electrons. The number of hydrogen-bond acceptors (Lipinski definition) is 5. The lowest BCUT2D eigenvalue weighted by atomic mass is 9.95. The number of hydrogen-bond donors (Lipinski definition) is 1. The van der Waals surface area contributed by atoms with E-state index in [0.717, 1.165) is 29.5 Å². The lowest BCUT2D eigenvalue weighted by molar-refractivity contribution is 0.114. The van der Waals surface area contributed by atoms with Gasteiger partial charge in [0.2, 0.25) is 15.9 Å². The Morgan fingerprint density at radius 1 is 1.10 bits per heavy atom. The van der Waals surface area contributed by atoms with Crippen molar-refractivity contribution in [2.24, 2.45) is 11.8 Å². The van der Waals surface area contributed by atoms with Crippen molar-refractivity contribution in [3.63, 3.8) is 0 Å². The lowest BCUT2D eigenvalue weighted by Crippen LogP contribution is -2.43. The smallest absolute Gasteiger partial charge is 0.243 e. The summed E-state index contributed by atoms with van der Waals surface area (Å²) in [4.78, 5) is 4.46. The Morgan fingerprint density at radius 3 is 2.42 bits per heavy atom. The Kier molecular flexibility index (Phi) is 5.20. The van der Waals surface area contributed by atoms with E-state index in [-0.39, 0.29) is 24.4 Å². The zero-order chi connectivity index (χ0) is 21.6. The molecule has 2 bridgehead atoms. The van der Waals surface area contributed by atoms with Crippen molar-refractivity contribution >= 4 is 10.0 Å². The minimum absolute atomic E-state index is 0.00295. The van der Waals surface area contributed by atoms with Crippen LogP contribution in [0.5, 0.6) is 0 Å². The minimum atomic E-state index is -3.71. The molecule has 2 aliphatic carbocycles.